The first-order valence-electron chi connectivity index (χ1n) is 9.11. The Balaban J connectivity index is 1.41. The summed E-state index contributed by atoms with van der Waals surface area (Å²) in [5.41, 5.74) is 2.87. The molecule has 4 aromatic rings. The maximum Gasteiger partial charge on any atom is 0.270 e. The van der Waals surface area contributed by atoms with Gasteiger partial charge in [0, 0.05) is 12.7 Å². The van der Waals surface area contributed by atoms with Gasteiger partial charge >= 0.3 is 0 Å². The van der Waals surface area contributed by atoms with Crippen molar-refractivity contribution in [2.75, 3.05) is 0 Å². The Kier molecular flexibility index (Phi) is 5.17. The number of hydrogen-bond donors (Lipinski definition) is 2. The number of aromatic nitrogens is 4. The highest BCUT2D eigenvalue weighted by Crippen LogP contribution is 2.19. The van der Waals surface area contributed by atoms with Gasteiger partial charge in [-0.25, -0.2) is 9.67 Å². The van der Waals surface area contributed by atoms with E-state index >= 15 is 0 Å². The van der Waals surface area contributed by atoms with E-state index in [0.29, 0.717) is 12.1 Å². The number of rotatable bonds is 5. The molecule has 1 amide bonds. The predicted molar refractivity (Wildman–Crippen MR) is 110 cm³/mol. The van der Waals surface area contributed by atoms with Crippen LogP contribution >= 0.6 is 0 Å². The third-order valence-electron chi connectivity index (χ3n) is 4.48. The average molecular weight is 396 g/mol. The molecular formula is C22H16N6O2. The third kappa shape index (κ3) is 4.00. The molecule has 8 nitrogen and oxygen atoms in total. The van der Waals surface area contributed by atoms with Crippen LogP contribution in [-0.2, 0) is 6.54 Å². The smallest absolute Gasteiger partial charge is 0.270 e. The van der Waals surface area contributed by atoms with Gasteiger partial charge in [-0.05, 0) is 16.7 Å². The molecule has 2 aromatic heterocycles. The van der Waals surface area contributed by atoms with E-state index in [2.05, 4.69) is 20.4 Å². The fraction of sp³-hybridized carbons (Fsp3) is 0.0455. The Bertz CT molecular complexity index is 1280. The van der Waals surface area contributed by atoms with Crippen LogP contribution in [-0.4, -0.2) is 25.7 Å². The van der Waals surface area contributed by atoms with Crippen LogP contribution in [0.2, 0.25) is 0 Å². The first kappa shape index (κ1) is 18.8. The molecule has 2 aromatic carbocycles. The quantitative estimate of drug-likeness (QED) is 0.537. The molecule has 0 aliphatic rings. The monoisotopic (exact) mass is 396 g/mol. The Labute approximate surface area is 171 Å². The van der Waals surface area contributed by atoms with Gasteiger partial charge < -0.3 is 5.32 Å². The number of hydrogen-bond acceptors (Lipinski definition) is 5. The van der Waals surface area contributed by atoms with Crippen molar-refractivity contribution in [2.45, 2.75) is 6.54 Å². The van der Waals surface area contributed by atoms with E-state index in [4.69, 9.17) is 5.26 Å². The number of carbonyl (C=O) groups excluding carboxylic acids is 1. The van der Waals surface area contributed by atoms with Crippen molar-refractivity contribution in [1.82, 2.24) is 25.1 Å². The second-order valence-electron chi connectivity index (χ2n) is 6.48. The van der Waals surface area contributed by atoms with Crippen LogP contribution in [0, 0.1) is 11.3 Å². The van der Waals surface area contributed by atoms with Crippen LogP contribution in [0.1, 0.15) is 21.5 Å². The summed E-state index contributed by atoms with van der Waals surface area (Å²) < 4.78 is 1.27. The highest BCUT2D eigenvalue weighted by Gasteiger charge is 2.11. The molecular weight excluding hydrogens is 380 g/mol. The van der Waals surface area contributed by atoms with Crippen molar-refractivity contribution >= 4 is 5.91 Å². The minimum Gasteiger partial charge on any atom is -0.348 e. The van der Waals surface area contributed by atoms with Crippen LogP contribution in [0.5, 0.6) is 0 Å². The highest BCUT2D eigenvalue weighted by atomic mass is 16.1. The van der Waals surface area contributed by atoms with Gasteiger partial charge in [-0.1, -0.05) is 54.6 Å². The first-order valence-corrected chi connectivity index (χ1v) is 9.11. The number of nitrogens with one attached hydrogen (secondary N) is 2. The second kappa shape index (κ2) is 8.24. The van der Waals surface area contributed by atoms with Crippen LogP contribution in [0.15, 0.2) is 78.0 Å². The lowest BCUT2D eigenvalue weighted by Gasteiger charge is -2.06. The summed E-state index contributed by atoms with van der Waals surface area (Å²) >= 11 is 0. The molecule has 8 heteroatoms. The lowest BCUT2D eigenvalue weighted by Crippen LogP contribution is -2.22. The van der Waals surface area contributed by atoms with Crippen molar-refractivity contribution in [3.05, 3.63) is 100 Å². The number of H-pyrrole nitrogens is 1. The van der Waals surface area contributed by atoms with Gasteiger partial charge in [0.2, 0.25) is 5.95 Å². The molecule has 2 N–H and O–H groups in total. The van der Waals surface area contributed by atoms with Crippen molar-refractivity contribution < 1.29 is 4.79 Å². The Morgan fingerprint density at radius 1 is 1.07 bits per heavy atom. The van der Waals surface area contributed by atoms with E-state index in [-0.39, 0.29) is 17.4 Å². The number of benzene rings is 2. The van der Waals surface area contributed by atoms with Gasteiger partial charge in [-0.2, -0.15) is 10.4 Å². The Morgan fingerprint density at radius 2 is 1.80 bits per heavy atom. The fourth-order valence-corrected chi connectivity index (χ4v) is 2.87. The number of nitrogens with zero attached hydrogens (tertiary/aromatic N) is 4. The van der Waals surface area contributed by atoms with Gasteiger partial charge in [0.25, 0.3) is 11.5 Å². The molecule has 0 atom stereocenters. The molecule has 2 heterocycles. The van der Waals surface area contributed by atoms with E-state index in [1.165, 1.54) is 17.1 Å². The summed E-state index contributed by atoms with van der Waals surface area (Å²) in [7, 11) is 0. The van der Waals surface area contributed by atoms with E-state index < -0.39 is 5.56 Å². The summed E-state index contributed by atoms with van der Waals surface area (Å²) in [6, 6.07) is 19.8. The summed E-state index contributed by atoms with van der Waals surface area (Å²) in [6.07, 6.45) is 4.00. The third-order valence-corrected chi connectivity index (χ3v) is 4.48. The highest BCUT2D eigenvalue weighted by molar-refractivity contribution is 5.93. The van der Waals surface area contributed by atoms with E-state index in [9.17, 15) is 9.59 Å². The SMILES string of the molecule is N#Cc1cnc(-n2cc(C(=O)NCc3ccc(-c4ccccc4)cc3)cn2)[nH]c1=O. The van der Waals surface area contributed by atoms with Crippen molar-refractivity contribution in [1.29, 1.82) is 5.26 Å². The van der Waals surface area contributed by atoms with Crippen molar-refractivity contribution in [3.63, 3.8) is 0 Å². The minimum atomic E-state index is -0.567. The Morgan fingerprint density at radius 3 is 2.50 bits per heavy atom. The largest absolute Gasteiger partial charge is 0.348 e. The zero-order valence-electron chi connectivity index (χ0n) is 15.7. The summed E-state index contributed by atoms with van der Waals surface area (Å²) in [4.78, 5) is 30.6. The summed E-state index contributed by atoms with van der Waals surface area (Å²) in [5.74, 6) is -0.182. The van der Waals surface area contributed by atoms with Gasteiger partial charge in [0.15, 0.2) is 0 Å². The molecule has 0 spiro atoms. The average Bonchev–Trinajstić information content (AvgIpc) is 3.29. The van der Waals surface area contributed by atoms with Gasteiger partial charge in [-0.15, -0.1) is 0 Å². The Hall–Kier alpha value is -4.51. The van der Waals surface area contributed by atoms with Crippen LogP contribution in [0.25, 0.3) is 17.1 Å². The van der Waals surface area contributed by atoms with Gasteiger partial charge in [-0.3, -0.25) is 14.6 Å². The lowest BCUT2D eigenvalue weighted by atomic mass is 10.0. The maximum absolute atomic E-state index is 12.4. The van der Waals surface area contributed by atoms with Crippen LogP contribution < -0.4 is 10.9 Å². The predicted octanol–water partition coefficient (Wildman–Crippen LogP) is 2.42. The molecule has 0 saturated carbocycles. The number of amides is 1. The molecule has 0 unspecified atom stereocenters. The number of nitriles is 1. The molecule has 146 valence electrons. The normalized spacial score (nSPS) is 10.4. The molecule has 0 aliphatic carbocycles. The maximum atomic E-state index is 12.4. The van der Waals surface area contributed by atoms with Crippen LogP contribution in [0.3, 0.4) is 0 Å². The zero-order chi connectivity index (χ0) is 20.9. The molecule has 0 bridgehead atoms. The van der Waals surface area contributed by atoms with E-state index in [1.807, 2.05) is 54.6 Å². The molecule has 4 rings (SSSR count). The van der Waals surface area contributed by atoms with E-state index in [0.717, 1.165) is 22.9 Å². The van der Waals surface area contributed by atoms with Crippen LogP contribution in [0.4, 0.5) is 0 Å². The standard InChI is InChI=1S/C22H16N6O2/c23-10-18-12-25-22(27-21(18)30)28-14-19(13-26-28)20(29)24-11-15-6-8-17(9-7-15)16-4-2-1-3-5-16/h1-9,12-14H,11H2,(H,24,29)(H,25,27,30). The number of aromatic amines is 1. The molecule has 30 heavy (non-hydrogen) atoms. The molecule has 0 saturated heterocycles. The lowest BCUT2D eigenvalue weighted by molar-refractivity contribution is 0.0951. The van der Waals surface area contributed by atoms with Gasteiger partial charge in [0.05, 0.1) is 18.0 Å². The molecule has 0 aliphatic heterocycles. The summed E-state index contributed by atoms with van der Waals surface area (Å²) in [5, 5.41) is 15.7. The first-order chi connectivity index (χ1) is 14.6. The summed E-state index contributed by atoms with van der Waals surface area (Å²) in [6.45, 7) is 0.366. The molecule has 0 radical (unpaired) electrons. The fourth-order valence-electron chi connectivity index (χ4n) is 2.87. The molecule has 0 fully saturated rings. The van der Waals surface area contributed by atoms with E-state index in [1.54, 1.807) is 6.07 Å². The van der Waals surface area contributed by atoms with Crippen molar-refractivity contribution in [2.24, 2.45) is 0 Å². The number of carbonyl (C=O) groups is 1. The van der Waals surface area contributed by atoms with Crippen molar-refractivity contribution in [3.8, 4) is 23.1 Å². The zero-order valence-corrected chi connectivity index (χ0v) is 15.7. The van der Waals surface area contributed by atoms with Gasteiger partial charge in [0.1, 0.15) is 11.6 Å². The topological polar surface area (TPSA) is 116 Å². The second-order valence-corrected chi connectivity index (χ2v) is 6.48. The minimum absolute atomic E-state index is 0.0952.